The molecule has 1 aliphatic carbocycles. The average molecular weight is 112 g/mol. The lowest BCUT2D eigenvalue weighted by Crippen LogP contribution is -1.93. The number of rotatable bonds is 1. The zero-order chi connectivity index (χ0) is 5.98. The smallest absolute Gasteiger partial charge is 0.123 e. The van der Waals surface area contributed by atoms with Gasteiger partial charge in [0.2, 0.25) is 0 Å². The Morgan fingerprint density at radius 2 is 2.25 bits per heavy atom. The largest absolute Gasteiger partial charge is 0.303 e. The van der Waals surface area contributed by atoms with Gasteiger partial charge in [-0.05, 0) is 18.8 Å². The summed E-state index contributed by atoms with van der Waals surface area (Å²) in [6.45, 7) is 2.21. The third-order valence-electron chi connectivity index (χ3n) is 1.93. The molecule has 1 saturated carbocycles. The summed E-state index contributed by atoms with van der Waals surface area (Å²) in [7, 11) is 0. The van der Waals surface area contributed by atoms with Crippen molar-refractivity contribution in [2.75, 3.05) is 0 Å². The van der Waals surface area contributed by atoms with Crippen molar-refractivity contribution >= 4 is 6.29 Å². The molecule has 0 aromatic carbocycles. The van der Waals surface area contributed by atoms with Gasteiger partial charge in [-0.2, -0.15) is 0 Å². The first-order chi connectivity index (χ1) is 3.83. The van der Waals surface area contributed by atoms with Crippen LogP contribution in [0.15, 0.2) is 0 Å². The van der Waals surface area contributed by atoms with Gasteiger partial charge in [0.05, 0.1) is 0 Å². The van der Waals surface area contributed by atoms with E-state index in [9.17, 15) is 4.79 Å². The van der Waals surface area contributed by atoms with E-state index in [1.54, 1.807) is 0 Å². The molecule has 0 saturated heterocycles. The van der Waals surface area contributed by atoms with Gasteiger partial charge in [-0.3, -0.25) is 0 Å². The summed E-state index contributed by atoms with van der Waals surface area (Å²) in [6, 6.07) is 0. The molecule has 0 N–H and O–H groups in total. The Morgan fingerprint density at radius 3 is 2.50 bits per heavy atom. The van der Waals surface area contributed by atoms with Crippen LogP contribution >= 0.6 is 0 Å². The predicted molar refractivity (Wildman–Crippen MR) is 32.6 cm³/mol. The lowest BCUT2D eigenvalue weighted by atomic mass is 10.1. The molecule has 1 rings (SSSR count). The van der Waals surface area contributed by atoms with Gasteiger partial charge < -0.3 is 4.79 Å². The summed E-state index contributed by atoms with van der Waals surface area (Å²) in [6.07, 6.45) is 4.61. The van der Waals surface area contributed by atoms with Crippen LogP contribution in [0.4, 0.5) is 0 Å². The van der Waals surface area contributed by atoms with E-state index in [4.69, 9.17) is 0 Å². The standard InChI is InChI=1S/C7H12O/c1-6-2-3-7(4-6)5-8/h5-7H,2-4H2,1H3/t6-,7?/m0/s1. The van der Waals surface area contributed by atoms with Crippen LogP contribution in [0.25, 0.3) is 0 Å². The van der Waals surface area contributed by atoms with Crippen LogP contribution in [0.1, 0.15) is 26.2 Å². The van der Waals surface area contributed by atoms with Gasteiger partial charge in [-0.15, -0.1) is 0 Å². The van der Waals surface area contributed by atoms with Crippen LogP contribution < -0.4 is 0 Å². The number of hydrogen-bond acceptors (Lipinski definition) is 1. The fourth-order valence-corrected chi connectivity index (χ4v) is 1.37. The molecular formula is C7H12O. The highest BCUT2D eigenvalue weighted by atomic mass is 16.1. The van der Waals surface area contributed by atoms with Crippen LogP contribution in [0, 0.1) is 11.8 Å². The molecular weight excluding hydrogens is 100 g/mol. The van der Waals surface area contributed by atoms with Crippen LogP contribution in [0.2, 0.25) is 0 Å². The molecule has 2 atom stereocenters. The summed E-state index contributed by atoms with van der Waals surface area (Å²) >= 11 is 0. The van der Waals surface area contributed by atoms with E-state index in [-0.39, 0.29) is 0 Å². The fourth-order valence-electron chi connectivity index (χ4n) is 1.37. The van der Waals surface area contributed by atoms with Crippen molar-refractivity contribution in [3.63, 3.8) is 0 Å². The molecule has 0 amide bonds. The van der Waals surface area contributed by atoms with Crippen molar-refractivity contribution in [1.29, 1.82) is 0 Å². The van der Waals surface area contributed by atoms with E-state index < -0.39 is 0 Å². The highest BCUT2D eigenvalue weighted by molar-refractivity contribution is 5.53. The maximum atomic E-state index is 10.2. The van der Waals surface area contributed by atoms with Crippen molar-refractivity contribution < 1.29 is 4.79 Å². The van der Waals surface area contributed by atoms with Gasteiger partial charge in [-0.25, -0.2) is 0 Å². The molecule has 0 aromatic rings. The number of aldehydes is 1. The second-order valence-electron chi connectivity index (χ2n) is 2.81. The molecule has 1 heteroatoms. The van der Waals surface area contributed by atoms with Crippen molar-refractivity contribution in [3.05, 3.63) is 0 Å². The second kappa shape index (κ2) is 2.29. The predicted octanol–water partition coefficient (Wildman–Crippen LogP) is 1.62. The molecule has 1 nitrogen and oxygen atoms in total. The molecule has 0 bridgehead atoms. The summed E-state index contributed by atoms with van der Waals surface area (Å²) in [5.74, 6) is 1.19. The van der Waals surface area contributed by atoms with Crippen LogP contribution in [0.3, 0.4) is 0 Å². The third kappa shape index (κ3) is 1.09. The Balaban J connectivity index is 2.32. The molecule has 0 radical (unpaired) electrons. The second-order valence-corrected chi connectivity index (χ2v) is 2.81. The van der Waals surface area contributed by atoms with E-state index in [0.29, 0.717) is 5.92 Å². The Morgan fingerprint density at radius 1 is 1.50 bits per heavy atom. The van der Waals surface area contributed by atoms with Gasteiger partial charge in [-0.1, -0.05) is 13.3 Å². The van der Waals surface area contributed by atoms with Gasteiger partial charge in [0.25, 0.3) is 0 Å². The summed E-state index contributed by atoms with van der Waals surface area (Å²) in [5.41, 5.74) is 0. The SMILES string of the molecule is C[C@H]1CCC(C=O)C1. The molecule has 1 aliphatic rings. The van der Waals surface area contributed by atoms with Gasteiger partial charge in [0, 0.05) is 5.92 Å². The minimum atomic E-state index is 0.394. The molecule has 46 valence electrons. The van der Waals surface area contributed by atoms with Crippen LogP contribution in [-0.2, 0) is 4.79 Å². The van der Waals surface area contributed by atoms with Crippen molar-refractivity contribution in [2.45, 2.75) is 26.2 Å². The Hall–Kier alpha value is -0.330. The van der Waals surface area contributed by atoms with Gasteiger partial charge in [0.1, 0.15) is 6.29 Å². The molecule has 0 heterocycles. The highest BCUT2D eigenvalue weighted by Gasteiger charge is 2.19. The Bertz CT molecular complexity index is 88.4. The maximum Gasteiger partial charge on any atom is 0.123 e. The first-order valence-corrected chi connectivity index (χ1v) is 3.28. The Kier molecular flexibility index (Phi) is 1.66. The van der Waals surface area contributed by atoms with Crippen LogP contribution in [0.5, 0.6) is 0 Å². The van der Waals surface area contributed by atoms with E-state index in [2.05, 4.69) is 6.92 Å². The van der Waals surface area contributed by atoms with E-state index in [1.807, 2.05) is 0 Å². The number of hydrogen-bond donors (Lipinski definition) is 0. The fraction of sp³-hybridized carbons (Fsp3) is 0.857. The van der Waals surface area contributed by atoms with Gasteiger partial charge in [0.15, 0.2) is 0 Å². The molecule has 8 heavy (non-hydrogen) atoms. The molecule has 0 aliphatic heterocycles. The monoisotopic (exact) mass is 112 g/mol. The first-order valence-electron chi connectivity index (χ1n) is 3.28. The van der Waals surface area contributed by atoms with Crippen molar-refractivity contribution in [2.24, 2.45) is 11.8 Å². The van der Waals surface area contributed by atoms with E-state index in [0.717, 1.165) is 25.0 Å². The molecule has 1 fully saturated rings. The lowest BCUT2D eigenvalue weighted by Gasteiger charge is -1.95. The molecule has 1 unspecified atom stereocenters. The molecule has 0 spiro atoms. The topological polar surface area (TPSA) is 17.1 Å². The zero-order valence-corrected chi connectivity index (χ0v) is 5.26. The van der Waals surface area contributed by atoms with Crippen LogP contribution in [-0.4, -0.2) is 6.29 Å². The zero-order valence-electron chi connectivity index (χ0n) is 5.26. The minimum Gasteiger partial charge on any atom is -0.303 e. The summed E-state index contributed by atoms with van der Waals surface area (Å²) in [4.78, 5) is 10.2. The lowest BCUT2D eigenvalue weighted by molar-refractivity contribution is -0.110. The Labute approximate surface area is 50.1 Å². The number of carbonyl (C=O) groups excluding carboxylic acids is 1. The van der Waals surface area contributed by atoms with Gasteiger partial charge >= 0.3 is 0 Å². The maximum absolute atomic E-state index is 10.2. The third-order valence-corrected chi connectivity index (χ3v) is 1.93. The number of carbonyl (C=O) groups is 1. The summed E-state index contributed by atoms with van der Waals surface area (Å²) in [5, 5.41) is 0. The highest BCUT2D eigenvalue weighted by Crippen LogP contribution is 2.28. The minimum absolute atomic E-state index is 0.394. The normalized spacial score (nSPS) is 37.6. The van der Waals surface area contributed by atoms with E-state index in [1.165, 1.54) is 6.42 Å². The van der Waals surface area contributed by atoms with Crippen molar-refractivity contribution in [1.82, 2.24) is 0 Å². The summed E-state index contributed by atoms with van der Waals surface area (Å²) < 4.78 is 0. The van der Waals surface area contributed by atoms with E-state index >= 15 is 0 Å². The quantitative estimate of drug-likeness (QED) is 0.471. The average Bonchev–Trinajstić information content (AvgIpc) is 2.14. The van der Waals surface area contributed by atoms with Crippen molar-refractivity contribution in [3.8, 4) is 0 Å². The first kappa shape index (κ1) is 5.80. The molecule has 0 aromatic heterocycles.